The maximum absolute atomic E-state index is 12.4. The fourth-order valence-corrected chi connectivity index (χ4v) is 2.68. The number of likely N-dealkylation sites (N-methyl/N-ethyl adjacent to an activating group) is 1. The van der Waals surface area contributed by atoms with Gasteiger partial charge in [0.05, 0.1) is 31.1 Å². The molecule has 0 saturated carbocycles. The summed E-state index contributed by atoms with van der Waals surface area (Å²) in [4.78, 5) is 36.2. The van der Waals surface area contributed by atoms with Gasteiger partial charge >= 0.3 is 0 Å². The van der Waals surface area contributed by atoms with Crippen molar-refractivity contribution in [3.05, 3.63) is 58.1 Å². The van der Waals surface area contributed by atoms with Gasteiger partial charge in [-0.15, -0.1) is 0 Å². The van der Waals surface area contributed by atoms with E-state index in [1.54, 1.807) is 18.2 Å². The molecule has 0 radical (unpaired) electrons. The van der Waals surface area contributed by atoms with Crippen molar-refractivity contribution in [2.24, 2.45) is 0 Å². The summed E-state index contributed by atoms with van der Waals surface area (Å²) in [5, 5.41) is 13.4. The minimum absolute atomic E-state index is 0.0410. The van der Waals surface area contributed by atoms with Gasteiger partial charge in [-0.25, -0.2) is 0 Å². The van der Waals surface area contributed by atoms with E-state index >= 15 is 0 Å². The van der Waals surface area contributed by atoms with Crippen LogP contribution >= 0.6 is 0 Å². The first-order chi connectivity index (χ1) is 14.3. The number of nitrogens with one attached hydrogen (secondary N) is 1. The Morgan fingerprint density at radius 1 is 1.03 bits per heavy atom. The molecule has 160 valence electrons. The van der Waals surface area contributed by atoms with Crippen LogP contribution in [0.2, 0.25) is 0 Å². The second-order valence-corrected chi connectivity index (χ2v) is 6.43. The number of nitro groups is 1. The smallest absolute Gasteiger partial charge is 0.269 e. The number of hydrogen-bond donors (Lipinski definition) is 1. The third kappa shape index (κ3) is 6.47. The van der Waals surface area contributed by atoms with E-state index in [2.05, 4.69) is 5.32 Å². The molecule has 2 aromatic carbocycles. The molecule has 0 heterocycles. The number of amides is 2. The highest BCUT2D eigenvalue weighted by Gasteiger charge is 2.15. The van der Waals surface area contributed by atoms with Gasteiger partial charge in [0.1, 0.15) is 0 Å². The molecule has 0 atom stereocenters. The van der Waals surface area contributed by atoms with Crippen LogP contribution in [0.15, 0.2) is 42.5 Å². The second kappa shape index (κ2) is 10.8. The second-order valence-electron chi connectivity index (χ2n) is 6.43. The molecule has 2 rings (SSSR count). The van der Waals surface area contributed by atoms with E-state index in [1.807, 2.05) is 13.8 Å². The zero-order chi connectivity index (χ0) is 22.1. The molecule has 0 fully saturated rings. The molecule has 2 amide bonds. The molecule has 2 aromatic rings. The lowest BCUT2D eigenvalue weighted by Crippen LogP contribution is -2.35. The molecule has 0 spiro atoms. The number of hydrogen-bond acceptors (Lipinski definition) is 6. The molecule has 0 bridgehead atoms. The van der Waals surface area contributed by atoms with E-state index in [9.17, 15) is 19.7 Å². The summed E-state index contributed by atoms with van der Waals surface area (Å²) < 4.78 is 11.0. The number of non-ortho nitro benzene ring substituents is 1. The topological polar surface area (TPSA) is 111 Å². The number of rotatable bonds is 10. The highest BCUT2D eigenvalue weighted by molar-refractivity contribution is 5.95. The zero-order valence-corrected chi connectivity index (χ0v) is 17.2. The van der Waals surface area contributed by atoms with Crippen molar-refractivity contribution in [3.63, 3.8) is 0 Å². The Balaban J connectivity index is 1.94. The molecule has 9 nitrogen and oxygen atoms in total. The monoisotopic (exact) mass is 415 g/mol. The largest absolute Gasteiger partial charge is 0.490 e. The van der Waals surface area contributed by atoms with Gasteiger partial charge in [-0.2, -0.15) is 0 Å². The molecular formula is C21H25N3O6. The summed E-state index contributed by atoms with van der Waals surface area (Å²) >= 11 is 0. The first-order valence-electron chi connectivity index (χ1n) is 9.50. The maximum Gasteiger partial charge on any atom is 0.269 e. The van der Waals surface area contributed by atoms with Gasteiger partial charge < -0.3 is 19.7 Å². The minimum atomic E-state index is -0.500. The highest BCUT2D eigenvalue weighted by atomic mass is 16.6. The number of carbonyl (C=O) groups excluding carboxylic acids is 2. The van der Waals surface area contributed by atoms with Crippen LogP contribution in [-0.2, 0) is 16.0 Å². The van der Waals surface area contributed by atoms with Crippen LogP contribution in [0, 0.1) is 10.1 Å². The average Bonchev–Trinajstić information content (AvgIpc) is 2.70. The Morgan fingerprint density at radius 3 is 2.27 bits per heavy atom. The first-order valence-corrected chi connectivity index (χ1v) is 9.50. The summed E-state index contributed by atoms with van der Waals surface area (Å²) in [5.41, 5.74) is 1.12. The van der Waals surface area contributed by atoms with Gasteiger partial charge in [0, 0.05) is 30.9 Å². The summed E-state index contributed by atoms with van der Waals surface area (Å²) in [6, 6.07) is 10.8. The summed E-state index contributed by atoms with van der Waals surface area (Å²) in [7, 11) is 1.52. The van der Waals surface area contributed by atoms with Crippen molar-refractivity contribution in [1.29, 1.82) is 0 Å². The van der Waals surface area contributed by atoms with Gasteiger partial charge in [0.25, 0.3) is 5.69 Å². The zero-order valence-electron chi connectivity index (χ0n) is 17.2. The maximum atomic E-state index is 12.4. The Morgan fingerprint density at radius 2 is 1.67 bits per heavy atom. The quantitative estimate of drug-likeness (QED) is 0.472. The van der Waals surface area contributed by atoms with E-state index < -0.39 is 4.92 Å². The minimum Gasteiger partial charge on any atom is -0.490 e. The normalized spacial score (nSPS) is 10.2. The lowest BCUT2D eigenvalue weighted by atomic mass is 10.1. The number of nitrogens with zero attached hydrogens (tertiary/aromatic N) is 2. The SMILES string of the molecule is CCOc1ccc(NC(=O)CN(C)C(=O)Cc2ccc([N+](=O)[O-])cc2)cc1OCC. The molecule has 1 N–H and O–H groups in total. The summed E-state index contributed by atoms with van der Waals surface area (Å²) in [6.07, 6.45) is 0.0410. The molecule has 9 heteroatoms. The lowest BCUT2D eigenvalue weighted by Gasteiger charge is -2.17. The van der Waals surface area contributed by atoms with Crippen molar-refractivity contribution in [3.8, 4) is 11.5 Å². The molecule has 0 aromatic heterocycles. The first kappa shape index (κ1) is 22.7. The number of carbonyl (C=O) groups is 2. The van der Waals surface area contributed by atoms with E-state index in [1.165, 1.54) is 36.2 Å². The molecule has 0 aliphatic carbocycles. The molecular weight excluding hydrogens is 390 g/mol. The predicted octanol–water partition coefficient (Wildman–Crippen LogP) is 3.03. The summed E-state index contributed by atoms with van der Waals surface area (Å²) in [5.74, 6) is 0.481. The Kier molecular flexibility index (Phi) is 8.16. The van der Waals surface area contributed by atoms with Crippen LogP contribution in [-0.4, -0.2) is 48.4 Å². The fraction of sp³-hybridized carbons (Fsp3) is 0.333. The van der Waals surface area contributed by atoms with Crippen LogP contribution in [0.5, 0.6) is 11.5 Å². The number of benzene rings is 2. The van der Waals surface area contributed by atoms with Crippen LogP contribution < -0.4 is 14.8 Å². The Bertz CT molecular complexity index is 898. The standard InChI is InChI=1S/C21H25N3O6/c1-4-29-18-11-8-16(13-19(18)30-5-2)22-20(25)14-23(3)21(26)12-15-6-9-17(10-7-15)24(27)28/h6-11,13H,4-5,12,14H2,1-3H3,(H,22,25). The van der Waals surface area contributed by atoms with E-state index in [0.29, 0.717) is 36.0 Å². The molecule has 30 heavy (non-hydrogen) atoms. The third-order valence-corrected chi connectivity index (χ3v) is 4.14. The van der Waals surface area contributed by atoms with Gasteiger partial charge in [-0.3, -0.25) is 19.7 Å². The van der Waals surface area contributed by atoms with Gasteiger partial charge in [-0.1, -0.05) is 12.1 Å². The molecule has 0 aliphatic rings. The lowest BCUT2D eigenvalue weighted by molar-refractivity contribution is -0.384. The van der Waals surface area contributed by atoms with Crippen molar-refractivity contribution in [2.45, 2.75) is 20.3 Å². The van der Waals surface area contributed by atoms with Crippen LogP contribution in [0.25, 0.3) is 0 Å². The van der Waals surface area contributed by atoms with E-state index in [4.69, 9.17) is 9.47 Å². The van der Waals surface area contributed by atoms with Crippen molar-refractivity contribution in [2.75, 3.05) is 32.1 Å². The number of ether oxygens (including phenoxy) is 2. The third-order valence-electron chi connectivity index (χ3n) is 4.14. The van der Waals surface area contributed by atoms with E-state index in [-0.39, 0.29) is 30.5 Å². The van der Waals surface area contributed by atoms with Crippen molar-refractivity contribution < 1.29 is 24.0 Å². The summed E-state index contributed by atoms with van der Waals surface area (Å²) in [6.45, 7) is 4.54. The van der Waals surface area contributed by atoms with Crippen LogP contribution in [0.3, 0.4) is 0 Å². The van der Waals surface area contributed by atoms with Gasteiger partial charge in [-0.05, 0) is 31.5 Å². The van der Waals surface area contributed by atoms with Crippen LogP contribution in [0.1, 0.15) is 19.4 Å². The molecule has 0 saturated heterocycles. The highest BCUT2D eigenvalue weighted by Crippen LogP contribution is 2.30. The number of nitro benzene ring substituents is 1. The Hall–Kier alpha value is -3.62. The van der Waals surface area contributed by atoms with Crippen LogP contribution in [0.4, 0.5) is 11.4 Å². The Labute approximate surface area is 174 Å². The van der Waals surface area contributed by atoms with Gasteiger partial charge in [0.2, 0.25) is 11.8 Å². The fourth-order valence-electron chi connectivity index (χ4n) is 2.68. The van der Waals surface area contributed by atoms with Crippen molar-refractivity contribution >= 4 is 23.2 Å². The van der Waals surface area contributed by atoms with Crippen molar-refractivity contribution in [1.82, 2.24) is 4.90 Å². The average molecular weight is 415 g/mol. The predicted molar refractivity (Wildman–Crippen MR) is 112 cm³/mol. The number of anilines is 1. The molecule has 0 unspecified atom stereocenters. The molecule has 0 aliphatic heterocycles. The van der Waals surface area contributed by atoms with Gasteiger partial charge in [0.15, 0.2) is 11.5 Å². The van der Waals surface area contributed by atoms with E-state index in [0.717, 1.165) is 0 Å².